The van der Waals surface area contributed by atoms with Crippen LogP contribution in [0.5, 0.6) is 0 Å². The molecule has 0 spiro atoms. The summed E-state index contributed by atoms with van der Waals surface area (Å²) in [5.74, 6) is -0.756. The number of rotatable bonds is 5. The molecule has 1 aliphatic rings. The van der Waals surface area contributed by atoms with Gasteiger partial charge >= 0.3 is 6.16 Å². The standard InChI is InChI=1S/C9H18N2O6.C6H4ClF/c12-8(6-17-9(13,14)15)11-4-7-3-10-1-2-16-5-7;7-5-3-1-2-4-6(5)8/h7,10,13-15H,1-6H2,(H,11,12);1-4H. The molecule has 1 heterocycles. The minimum atomic E-state index is -3.27. The van der Waals surface area contributed by atoms with Crippen molar-refractivity contribution in [2.45, 2.75) is 6.16 Å². The van der Waals surface area contributed by atoms with Gasteiger partial charge in [0.25, 0.3) is 0 Å². The fourth-order valence-corrected chi connectivity index (χ4v) is 1.94. The molecule has 10 heteroatoms. The van der Waals surface area contributed by atoms with Gasteiger partial charge in [0.1, 0.15) is 12.4 Å². The van der Waals surface area contributed by atoms with E-state index in [0.717, 1.165) is 13.1 Å². The van der Waals surface area contributed by atoms with Crippen LogP contribution in [0.2, 0.25) is 5.02 Å². The minimum absolute atomic E-state index is 0.156. The van der Waals surface area contributed by atoms with Crippen molar-refractivity contribution >= 4 is 17.5 Å². The van der Waals surface area contributed by atoms with Crippen molar-refractivity contribution in [2.75, 3.05) is 39.5 Å². The van der Waals surface area contributed by atoms with E-state index in [1.54, 1.807) is 12.1 Å². The van der Waals surface area contributed by atoms with Crippen LogP contribution in [-0.2, 0) is 14.3 Å². The van der Waals surface area contributed by atoms with Crippen molar-refractivity contribution in [3.63, 3.8) is 0 Å². The van der Waals surface area contributed by atoms with Gasteiger partial charge in [-0.05, 0) is 12.1 Å². The lowest BCUT2D eigenvalue weighted by molar-refractivity contribution is -0.451. The highest BCUT2D eigenvalue weighted by molar-refractivity contribution is 6.30. The first-order valence-corrected chi connectivity index (χ1v) is 7.92. The summed E-state index contributed by atoms with van der Waals surface area (Å²) in [5.41, 5.74) is 0. The molecule has 0 bridgehead atoms. The third kappa shape index (κ3) is 11.0. The van der Waals surface area contributed by atoms with Crippen LogP contribution >= 0.6 is 11.6 Å². The van der Waals surface area contributed by atoms with Gasteiger partial charge in [0.05, 0.1) is 18.2 Å². The van der Waals surface area contributed by atoms with Gasteiger partial charge in [-0.3, -0.25) is 9.53 Å². The maximum Gasteiger partial charge on any atom is 0.405 e. The Hall–Kier alpha value is -1.33. The van der Waals surface area contributed by atoms with Crippen molar-refractivity contribution in [3.8, 4) is 0 Å². The molecule has 0 aliphatic carbocycles. The number of aliphatic hydroxyl groups is 3. The molecule has 142 valence electrons. The third-order valence-corrected chi connectivity index (χ3v) is 3.33. The van der Waals surface area contributed by atoms with E-state index in [0.29, 0.717) is 19.8 Å². The van der Waals surface area contributed by atoms with Crippen LogP contribution in [0.3, 0.4) is 0 Å². The Labute approximate surface area is 149 Å². The topological polar surface area (TPSA) is 120 Å². The summed E-state index contributed by atoms with van der Waals surface area (Å²) in [7, 11) is 0. The summed E-state index contributed by atoms with van der Waals surface area (Å²) in [6.07, 6.45) is -3.27. The zero-order valence-corrected chi connectivity index (χ0v) is 14.2. The lowest BCUT2D eigenvalue weighted by atomic mass is 10.1. The first-order valence-electron chi connectivity index (χ1n) is 7.54. The van der Waals surface area contributed by atoms with Crippen molar-refractivity contribution in [2.24, 2.45) is 5.92 Å². The number of benzene rings is 1. The molecule has 1 aromatic rings. The fourth-order valence-electron chi connectivity index (χ4n) is 1.80. The van der Waals surface area contributed by atoms with E-state index in [-0.39, 0.29) is 16.8 Å². The van der Waals surface area contributed by atoms with Crippen molar-refractivity contribution < 1.29 is 34.0 Å². The molecule has 8 nitrogen and oxygen atoms in total. The smallest absolute Gasteiger partial charge is 0.380 e. The predicted molar refractivity (Wildman–Crippen MR) is 86.9 cm³/mol. The Morgan fingerprint density at radius 3 is 2.76 bits per heavy atom. The molecular formula is C15H22ClFN2O6. The number of ether oxygens (including phenoxy) is 2. The van der Waals surface area contributed by atoms with Crippen LogP contribution in [0.4, 0.5) is 4.39 Å². The highest BCUT2D eigenvalue weighted by Crippen LogP contribution is 2.11. The highest BCUT2D eigenvalue weighted by Gasteiger charge is 2.21. The Morgan fingerprint density at radius 1 is 1.44 bits per heavy atom. The second-order valence-corrected chi connectivity index (χ2v) is 5.63. The molecular weight excluding hydrogens is 359 g/mol. The average Bonchev–Trinajstić information content (AvgIpc) is 2.82. The lowest BCUT2D eigenvalue weighted by Crippen LogP contribution is -2.40. The van der Waals surface area contributed by atoms with Gasteiger partial charge in [-0.1, -0.05) is 23.7 Å². The molecule has 1 aliphatic heterocycles. The van der Waals surface area contributed by atoms with Crippen molar-refractivity contribution in [1.29, 1.82) is 0 Å². The van der Waals surface area contributed by atoms with Crippen LogP contribution in [-0.4, -0.2) is 66.8 Å². The molecule has 0 radical (unpaired) electrons. The number of amides is 1. The number of carbonyl (C=O) groups is 1. The monoisotopic (exact) mass is 380 g/mol. The van der Waals surface area contributed by atoms with Crippen LogP contribution < -0.4 is 10.6 Å². The average molecular weight is 381 g/mol. The molecule has 0 saturated carbocycles. The molecule has 1 atom stereocenters. The van der Waals surface area contributed by atoms with E-state index in [4.69, 9.17) is 31.7 Å². The largest absolute Gasteiger partial charge is 0.405 e. The molecule has 25 heavy (non-hydrogen) atoms. The summed E-state index contributed by atoms with van der Waals surface area (Å²) in [5, 5.41) is 31.1. The zero-order chi connectivity index (χ0) is 18.7. The number of nitrogens with one attached hydrogen (secondary N) is 2. The minimum Gasteiger partial charge on any atom is -0.380 e. The summed E-state index contributed by atoms with van der Waals surface area (Å²) < 4.78 is 21.5. The van der Waals surface area contributed by atoms with E-state index in [1.165, 1.54) is 12.1 Å². The van der Waals surface area contributed by atoms with E-state index < -0.39 is 18.7 Å². The third-order valence-electron chi connectivity index (χ3n) is 3.02. The van der Waals surface area contributed by atoms with Crippen LogP contribution in [0.1, 0.15) is 0 Å². The summed E-state index contributed by atoms with van der Waals surface area (Å²) in [6.45, 7) is 2.49. The van der Waals surface area contributed by atoms with E-state index in [9.17, 15) is 9.18 Å². The Bertz CT molecular complexity index is 500. The van der Waals surface area contributed by atoms with E-state index in [2.05, 4.69) is 15.4 Å². The molecule has 1 amide bonds. The van der Waals surface area contributed by atoms with Crippen LogP contribution in [0, 0.1) is 11.7 Å². The molecule has 1 fully saturated rings. The number of halogens is 2. The van der Waals surface area contributed by atoms with Crippen LogP contribution in [0.15, 0.2) is 24.3 Å². The summed E-state index contributed by atoms with van der Waals surface area (Å²) >= 11 is 5.33. The molecule has 1 saturated heterocycles. The van der Waals surface area contributed by atoms with E-state index in [1.807, 2.05) is 0 Å². The number of carbonyl (C=O) groups excluding carboxylic acids is 1. The number of hydrogen-bond donors (Lipinski definition) is 5. The lowest BCUT2D eigenvalue weighted by Gasteiger charge is -2.16. The van der Waals surface area contributed by atoms with E-state index >= 15 is 0 Å². The van der Waals surface area contributed by atoms with Gasteiger partial charge in [0, 0.05) is 25.6 Å². The van der Waals surface area contributed by atoms with Gasteiger partial charge in [-0.15, -0.1) is 0 Å². The van der Waals surface area contributed by atoms with Gasteiger partial charge < -0.3 is 30.7 Å². The fraction of sp³-hybridized carbons (Fsp3) is 0.533. The SMILES string of the molecule is Fc1ccccc1Cl.O=C(COC(O)(O)O)NCC1CNCCOC1. The van der Waals surface area contributed by atoms with Gasteiger partial charge in [0.2, 0.25) is 5.91 Å². The van der Waals surface area contributed by atoms with Gasteiger partial charge in [0.15, 0.2) is 0 Å². The second-order valence-electron chi connectivity index (χ2n) is 5.23. The van der Waals surface area contributed by atoms with Crippen molar-refractivity contribution in [3.05, 3.63) is 35.1 Å². The first-order chi connectivity index (χ1) is 11.8. The van der Waals surface area contributed by atoms with Crippen molar-refractivity contribution in [1.82, 2.24) is 10.6 Å². The second kappa shape index (κ2) is 11.3. The predicted octanol–water partition coefficient (Wildman–Crippen LogP) is -0.578. The first kappa shape index (κ1) is 21.7. The summed E-state index contributed by atoms with van der Waals surface area (Å²) in [6, 6.07) is 6.12. The molecule has 1 unspecified atom stereocenters. The molecule has 0 aromatic heterocycles. The zero-order valence-electron chi connectivity index (χ0n) is 13.5. The van der Waals surface area contributed by atoms with Crippen LogP contribution in [0.25, 0.3) is 0 Å². The highest BCUT2D eigenvalue weighted by atomic mass is 35.5. The maximum atomic E-state index is 12.2. The Morgan fingerprint density at radius 2 is 2.16 bits per heavy atom. The molecule has 2 rings (SSSR count). The Kier molecular flexibility index (Phi) is 9.83. The summed E-state index contributed by atoms with van der Waals surface area (Å²) in [4.78, 5) is 11.2. The number of hydrogen-bond acceptors (Lipinski definition) is 7. The quantitative estimate of drug-likeness (QED) is 0.433. The molecule has 5 N–H and O–H groups in total. The molecule has 1 aromatic carbocycles. The maximum absolute atomic E-state index is 12.2. The Balaban J connectivity index is 0.000000324. The van der Waals surface area contributed by atoms with Gasteiger partial charge in [-0.25, -0.2) is 4.39 Å². The normalized spacial score (nSPS) is 17.9. The van der Waals surface area contributed by atoms with Gasteiger partial charge in [-0.2, -0.15) is 0 Å².